The Balaban J connectivity index is 1.95. The third-order valence-electron chi connectivity index (χ3n) is 3.20. The van der Waals surface area contributed by atoms with Gasteiger partial charge in [0.2, 0.25) is 0 Å². The van der Waals surface area contributed by atoms with Crippen LogP contribution in [0.15, 0.2) is 47.2 Å². The number of rotatable bonds is 3. The van der Waals surface area contributed by atoms with Crippen molar-refractivity contribution in [2.24, 2.45) is 0 Å². The second kappa shape index (κ2) is 5.06. The van der Waals surface area contributed by atoms with Crippen molar-refractivity contribution >= 4 is 34.1 Å². The molecule has 0 amide bonds. The predicted octanol–water partition coefficient (Wildman–Crippen LogP) is 3.70. The molecular formula is C15H14ClN3O. The Labute approximate surface area is 121 Å². The Bertz CT molecular complexity index is 754. The smallest absolute Gasteiger partial charge is 0.139 e. The summed E-state index contributed by atoms with van der Waals surface area (Å²) in [6.07, 6.45) is 3.40. The van der Waals surface area contributed by atoms with Crippen molar-refractivity contribution in [2.45, 2.75) is 6.54 Å². The minimum absolute atomic E-state index is 0.626. The van der Waals surface area contributed by atoms with Gasteiger partial charge < -0.3 is 15.1 Å². The minimum Gasteiger partial charge on any atom is -0.464 e. The summed E-state index contributed by atoms with van der Waals surface area (Å²) < 4.78 is 5.39. The van der Waals surface area contributed by atoms with Crippen LogP contribution in [0, 0.1) is 0 Å². The zero-order valence-electron chi connectivity index (χ0n) is 11.0. The lowest BCUT2D eigenvalue weighted by atomic mass is 10.2. The molecule has 2 heterocycles. The standard InChI is InChI=1S/C15H14ClN3O/c1-19(9-10-8-11(17)2-3-13(10)16)15-12-5-7-20-14(12)4-6-18-15/h2-8H,9,17H2,1H3. The molecule has 0 saturated carbocycles. The number of anilines is 2. The molecule has 5 heteroatoms. The molecule has 0 spiro atoms. The fourth-order valence-electron chi connectivity index (χ4n) is 2.23. The number of nitrogens with two attached hydrogens (primary N) is 1. The van der Waals surface area contributed by atoms with Crippen LogP contribution in [-0.4, -0.2) is 12.0 Å². The van der Waals surface area contributed by atoms with E-state index < -0.39 is 0 Å². The molecular weight excluding hydrogens is 274 g/mol. The van der Waals surface area contributed by atoms with Crippen molar-refractivity contribution in [3.63, 3.8) is 0 Å². The number of pyridine rings is 1. The number of aromatic nitrogens is 1. The first-order valence-corrected chi connectivity index (χ1v) is 6.60. The van der Waals surface area contributed by atoms with E-state index in [-0.39, 0.29) is 0 Å². The minimum atomic E-state index is 0.626. The third kappa shape index (κ3) is 2.30. The van der Waals surface area contributed by atoms with E-state index in [0.717, 1.165) is 22.4 Å². The van der Waals surface area contributed by atoms with Crippen molar-refractivity contribution < 1.29 is 4.42 Å². The van der Waals surface area contributed by atoms with E-state index in [1.54, 1.807) is 18.5 Å². The fraction of sp³-hybridized carbons (Fsp3) is 0.133. The van der Waals surface area contributed by atoms with Crippen LogP contribution in [0.25, 0.3) is 11.0 Å². The van der Waals surface area contributed by atoms with Gasteiger partial charge in [-0.05, 0) is 35.9 Å². The van der Waals surface area contributed by atoms with Crippen LogP contribution in [0.1, 0.15) is 5.56 Å². The molecule has 2 aromatic heterocycles. The number of benzene rings is 1. The van der Waals surface area contributed by atoms with Gasteiger partial charge in [-0.25, -0.2) is 4.98 Å². The maximum absolute atomic E-state index is 6.20. The highest BCUT2D eigenvalue weighted by atomic mass is 35.5. The van der Waals surface area contributed by atoms with Crippen LogP contribution < -0.4 is 10.6 Å². The second-order valence-electron chi connectivity index (χ2n) is 4.67. The molecule has 0 bridgehead atoms. The number of nitrogens with zero attached hydrogens (tertiary/aromatic N) is 2. The zero-order chi connectivity index (χ0) is 14.1. The lowest BCUT2D eigenvalue weighted by molar-refractivity contribution is 0.615. The fourth-order valence-corrected chi connectivity index (χ4v) is 2.41. The summed E-state index contributed by atoms with van der Waals surface area (Å²) in [6.45, 7) is 0.626. The van der Waals surface area contributed by atoms with Crippen LogP contribution in [0.5, 0.6) is 0 Å². The quantitative estimate of drug-likeness (QED) is 0.746. The number of nitrogen functional groups attached to an aromatic ring is 1. The molecule has 0 aliphatic heterocycles. The van der Waals surface area contributed by atoms with E-state index in [9.17, 15) is 0 Å². The molecule has 1 aromatic carbocycles. The Hall–Kier alpha value is -2.20. The zero-order valence-corrected chi connectivity index (χ0v) is 11.8. The molecule has 0 atom stereocenters. The first-order valence-electron chi connectivity index (χ1n) is 6.22. The first-order chi connectivity index (χ1) is 9.65. The van der Waals surface area contributed by atoms with Gasteiger partial charge in [-0.15, -0.1) is 0 Å². The Morgan fingerprint density at radius 3 is 3.00 bits per heavy atom. The van der Waals surface area contributed by atoms with E-state index in [1.165, 1.54) is 0 Å². The summed E-state index contributed by atoms with van der Waals surface area (Å²) in [5.41, 5.74) is 8.30. The number of hydrogen-bond acceptors (Lipinski definition) is 4. The molecule has 4 nitrogen and oxygen atoms in total. The molecule has 20 heavy (non-hydrogen) atoms. The SMILES string of the molecule is CN(Cc1cc(N)ccc1Cl)c1nccc2occc12. The molecule has 0 aliphatic rings. The third-order valence-corrected chi connectivity index (χ3v) is 3.57. The van der Waals surface area contributed by atoms with E-state index in [1.807, 2.05) is 36.2 Å². The van der Waals surface area contributed by atoms with Gasteiger partial charge in [0.15, 0.2) is 0 Å². The Morgan fingerprint density at radius 1 is 1.30 bits per heavy atom. The number of hydrogen-bond donors (Lipinski definition) is 1. The molecule has 2 N–H and O–H groups in total. The van der Waals surface area contributed by atoms with Crippen LogP contribution in [0.2, 0.25) is 5.02 Å². The summed E-state index contributed by atoms with van der Waals surface area (Å²) in [6, 6.07) is 9.25. The monoisotopic (exact) mass is 287 g/mol. The molecule has 102 valence electrons. The number of halogens is 1. The lowest BCUT2D eigenvalue weighted by Crippen LogP contribution is -2.18. The largest absolute Gasteiger partial charge is 0.464 e. The van der Waals surface area contributed by atoms with Gasteiger partial charge in [0.05, 0.1) is 11.6 Å². The van der Waals surface area contributed by atoms with Gasteiger partial charge in [0, 0.05) is 30.5 Å². The van der Waals surface area contributed by atoms with E-state index in [4.69, 9.17) is 21.8 Å². The molecule has 0 unspecified atom stereocenters. The van der Waals surface area contributed by atoms with E-state index in [2.05, 4.69) is 4.98 Å². The van der Waals surface area contributed by atoms with Crippen molar-refractivity contribution in [3.05, 3.63) is 53.4 Å². The molecule has 0 aliphatic carbocycles. The van der Waals surface area contributed by atoms with Gasteiger partial charge in [-0.3, -0.25) is 0 Å². The summed E-state index contributed by atoms with van der Waals surface area (Å²) in [5, 5.41) is 1.68. The van der Waals surface area contributed by atoms with Crippen molar-refractivity contribution in [3.8, 4) is 0 Å². The van der Waals surface area contributed by atoms with Crippen molar-refractivity contribution in [2.75, 3.05) is 17.7 Å². The first kappa shape index (κ1) is 12.8. The molecule has 3 rings (SSSR count). The maximum Gasteiger partial charge on any atom is 0.139 e. The molecule has 3 aromatic rings. The summed E-state index contributed by atoms with van der Waals surface area (Å²) in [5.74, 6) is 0.856. The Morgan fingerprint density at radius 2 is 2.15 bits per heavy atom. The highest BCUT2D eigenvalue weighted by Crippen LogP contribution is 2.27. The average Bonchev–Trinajstić information content (AvgIpc) is 2.91. The normalized spacial score (nSPS) is 10.9. The topological polar surface area (TPSA) is 55.3 Å². The van der Waals surface area contributed by atoms with Crippen molar-refractivity contribution in [1.82, 2.24) is 4.98 Å². The van der Waals surface area contributed by atoms with Crippen molar-refractivity contribution in [1.29, 1.82) is 0 Å². The number of fused-ring (bicyclic) bond motifs is 1. The summed E-state index contributed by atoms with van der Waals surface area (Å²) in [7, 11) is 1.97. The van der Waals surface area contributed by atoms with Gasteiger partial charge in [-0.2, -0.15) is 0 Å². The highest BCUT2D eigenvalue weighted by Gasteiger charge is 2.11. The predicted molar refractivity (Wildman–Crippen MR) is 82.0 cm³/mol. The van der Waals surface area contributed by atoms with Crippen LogP contribution in [-0.2, 0) is 6.54 Å². The van der Waals surface area contributed by atoms with E-state index in [0.29, 0.717) is 17.3 Å². The van der Waals surface area contributed by atoms with E-state index >= 15 is 0 Å². The second-order valence-corrected chi connectivity index (χ2v) is 5.08. The molecule has 0 fully saturated rings. The molecule has 0 saturated heterocycles. The van der Waals surface area contributed by atoms with Crippen LogP contribution >= 0.6 is 11.6 Å². The maximum atomic E-state index is 6.20. The van der Waals surface area contributed by atoms with Crippen LogP contribution in [0.3, 0.4) is 0 Å². The highest BCUT2D eigenvalue weighted by molar-refractivity contribution is 6.31. The number of furan rings is 1. The van der Waals surface area contributed by atoms with Gasteiger partial charge in [-0.1, -0.05) is 11.6 Å². The van der Waals surface area contributed by atoms with Gasteiger partial charge >= 0.3 is 0 Å². The summed E-state index contributed by atoms with van der Waals surface area (Å²) in [4.78, 5) is 6.45. The lowest BCUT2D eigenvalue weighted by Gasteiger charge is -2.19. The average molecular weight is 288 g/mol. The van der Waals surface area contributed by atoms with Crippen LogP contribution in [0.4, 0.5) is 11.5 Å². The molecule has 0 radical (unpaired) electrons. The Kier molecular flexibility index (Phi) is 3.24. The van der Waals surface area contributed by atoms with Gasteiger partial charge in [0.1, 0.15) is 11.4 Å². The van der Waals surface area contributed by atoms with Gasteiger partial charge in [0.25, 0.3) is 0 Å². The summed E-state index contributed by atoms with van der Waals surface area (Å²) >= 11 is 6.20.